The molecular formula is C19H22BrN3O. The lowest BCUT2D eigenvalue weighted by molar-refractivity contribution is -0.125. The van der Waals surface area contributed by atoms with Crippen molar-refractivity contribution in [1.29, 1.82) is 0 Å². The number of rotatable bonds is 4. The molecule has 126 valence electrons. The molecule has 1 atom stereocenters. The first-order valence-corrected chi connectivity index (χ1v) is 9.57. The lowest BCUT2D eigenvalue weighted by Crippen LogP contribution is -2.43. The standard InChI is InChI=1S/C19H22BrN3O/c20-15-5-6-16-17(10-15)21-8-7-18(16)23-9-1-2-14(12-23)19(24)22-11-13-3-4-13/h5-8,10,13-14H,1-4,9,11-12H2,(H,22,24). The summed E-state index contributed by atoms with van der Waals surface area (Å²) < 4.78 is 1.04. The maximum absolute atomic E-state index is 12.5. The summed E-state index contributed by atoms with van der Waals surface area (Å²) in [7, 11) is 0. The van der Waals surface area contributed by atoms with Gasteiger partial charge in [0.1, 0.15) is 0 Å². The summed E-state index contributed by atoms with van der Waals surface area (Å²) in [4.78, 5) is 19.3. The molecular weight excluding hydrogens is 366 g/mol. The Hall–Kier alpha value is -1.62. The molecule has 2 heterocycles. The lowest BCUT2D eigenvalue weighted by atomic mass is 9.96. The van der Waals surface area contributed by atoms with Gasteiger partial charge in [-0.15, -0.1) is 0 Å². The quantitative estimate of drug-likeness (QED) is 0.868. The number of piperidine rings is 1. The van der Waals surface area contributed by atoms with Crippen molar-refractivity contribution in [3.05, 3.63) is 34.9 Å². The van der Waals surface area contributed by atoms with Gasteiger partial charge in [-0.25, -0.2) is 0 Å². The SMILES string of the molecule is O=C(NCC1CC1)C1CCCN(c2ccnc3cc(Br)ccc23)C1. The van der Waals surface area contributed by atoms with E-state index < -0.39 is 0 Å². The Bertz CT molecular complexity index is 759. The van der Waals surface area contributed by atoms with E-state index in [0.717, 1.165) is 53.8 Å². The van der Waals surface area contributed by atoms with Crippen molar-refractivity contribution >= 4 is 38.4 Å². The van der Waals surface area contributed by atoms with Crippen LogP contribution in [0.5, 0.6) is 0 Å². The number of fused-ring (bicyclic) bond motifs is 1. The van der Waals surface area contributed by atoms with Gasteiger partial charge >= 0.3 is 0 Å². The molecule has 1 N–H and O–H groups in total. The van der Waals surface area contributed by atoms with Crippen LogP contribution < -0.4 is 10.2 Å². The number of hydrogen-bond acceptors (Lipinski definition) is 3. The van der Waals surface area contributed by atoms with Crippen LogP contribution >= 0.6 is 15.9 Å². The van der Waals surface area contributed by atoms with Crippen LogP contribution in [0.4, 0.5) is 5.69 Å². The maximum Gasteiger partial charge on any atom is 0.224 e. The molecule has 1 aliphatic carbocycles. The maximum atomic E-state index is 12.5. The molecule has 1 amide bonds. The van der Waals surface area contributed by atoms with Crippen LogP contribution in [0, 0.1) is 11.8 Å². The summed E-state index contributed by atoms with van der Waals surface area (Å²) >= 11 is 3.51. The van der Waals surface area contributed by atoms with Crippen LogP contribution in [0.3, 0.4) is 0 Å². The molecule has 0 spiro atoms. The molecule has 24 heavy (non-hydrogen) atoms. The van der Waals surface area contributed by atoms with Crippen LogP contribution in [-0.2, 0) is 4.79 Å². The van der Waals surface area contributed by atoms with Crippen molar-refractivity contribution in [3.63, 3.8) is 0 Å². The number of benzene rings is 1. The van der Waals surface area contributed by atoms with Crippen LogP contribution in [-0.4, -0.2) is 30.5 Å². The summed E-state index contributed by atoms with van der Waals surface area (Å²) in [6.07, 6.45) is 6.45. The summed E-state index contributed by atoms with van der Waals surface area (Å²) in [6.45, 7) is 2.66. The van der Waals surface area contributed by atoms with Gasteiger partial charge in [0.15, 0.2) is 0 Å². The number of nitrogens with one attached hydrogen (secondary N) is 1. The molecule has 4 nitrogen and oxygen atoms in total. The zero-order chi connectivity index (χ0) is 16.5. The van der Waals surface area contributed by atoms with Crippen LogP contribution in [0.1, 0.15) is 25.7 Å². The van der Waals surface area contributed by atoms with E-state index in [9.17, 15) is 4.79 Å². The van der Waals surface area contributed by atoms with Crippen LogP contribution in [0.25, 0.3) is 10.9 Å². The van der Waals surface area contributed by atoms with Crippen molar-refractivity contribution in [1.82, 2.24) is 10.3 Å². The topological polar surface area (TPSA) is 45.2 Å². The minimum Gasteiger partial charge on any atom is -0.370 e. The molecule has 4 rings (SSSR count). The second kappa shape index (κ2) is 6.71. The van der Waals surface area contributed by atoms with Gasteiger partial charge in [0.2, 0.25) is 5.91 Å². The molecule has 1 aromatic carbocycles. The van der Waals surface area contributed by atoms with E-state index in [1.165, 1.54) is 18.5 Å². The number of anilines is 1. The van der Waals surface area contributed by atoms with E-state index >= 15 is 0 Å². The van der Waals surface area contributed by atoms with Crippen LogP contribution in [0.15, 0.2) is 34.9 Å². The lowest BCUT2D eigenvalue weighted by Gasteiger charge is -2.34. The Balaban J connectivity index is 1.52. The number of hydrogen-bond donors (Lipinski definition) is 1. The predicted molar refractivity (Wildman–Crippen MR) is 100 cm³/mol. The molecule has 1 saturated carbocycles. The van der Waals surface area contributed by atoms with Gasteiger partial charge in [-0.2, -0.15) is 0 Å². The number of nitrogens with zero attached hydrogens (tertiary/aromatic N) is 2. The third kappa shape index (κ3) is 3.41. The van der Waals surface area contributed by atoms with Crippen molar-refractivity contribution in [2.24, 2.45) is 11.8 Å². The second-order valence-electron chi connectivity index (χ2n) is 6.97. The minimum absolute atomic E-state index is 0.0937. The van der Waals surface area contributed by atoms with E-state index in [1.54, 1.807) is 0 Å². The summed E-state index contributed by atoms with van der Waals surface area (Å²) in [5.74, 6) is 1.06. The van der Waals surface area contributed by atoms with Crippen molar-refractivity contribution in [3.8, 4) is 0 Å². The average Bonchev–Trinajstić information content (AvgIpc) is 3.43. The third-order valence-electron chi connectivity index (χ3n) is 5.08. The highest BCUT2D eigenvalue weighted by Crippen LogP contribution is 2.31. The summed E-state index contributed by atoms with van der Waals surface area (Å²) in [5, 5.41) is 4.30. The fourth-order valence-electron chi connectivity index (χ4n) is 3.50. The van der Waals surface area contributed by atoms with Gasteiger partial charge in [-0.3, -0.25) is 9.78 Å². The molecule has 0 bridgehead atoms. The van der Waals surface area contributed by atoms with E-state index in [-0.39, 0.29) is 11.8 Å². The largest absolute Gasteiger partial charge is 0.370 e. The molecule has 1 aliphatic heterocycles. The number of amides is 1. The molecule has 5 heteroatoms. The zero-order valence-electron chi connectivity index (χ0n) is 13.7. The fourth-order valence-corrected chi connectivity index (χ4v) is 3.85. The Morgan fingerprint density at radius 3 is 3.00 bits per heavy atom. The first kappa shape index (κ1) is 15.9. The van der Waals surface area contributed by atoms with Gasteiger partial charge in [-0.1, -0.05) is 15.9 Å². The van der Waals surface area contributed by atoms with E-state index in [0.29, 0.717) is 0 Å². The molecule has 2 fully saturated rings. The van der Waals surface area contributed by atoms with Gasteiger partial charge in [0.25, 0.3) is 0 Å². The van der Waals surface area contributed by atoms with E-state index in [1.807, 2.05) is 12.3 Å². The number of aromatic nitrogens is 1. The Labute approximate surface area is 150 Å². The smallest absolute Gasteiger partial charge is 0.224 e. The molecule has 2 aliphatic rings. The normalized spacial score (nSPS) is 21.0. The number of pyridine rings is 1. The monoisotopic (exact) mass is 387 g/mol. The third-order valence-corrected chi connectivity index (χ3v) is 5.57. The molecule has 1 aromatic heterocycles. The van der Waals surface area contributed by atoms with Gasteiger partial charge < -0.3 is 10.2 Å². The van der Waals surface area contributed by atoms with Crippen LogP contribution in [0.2, 0.25) is 0 Å². The first-order chi connectivity index (χ1) is 11.7. The highest BCUT2D eigenvalue weighted by Gasteiger charge is 2.28. The highest BCUT2D eigenvalue weighted by molar-refractivity contribution is 9.10. The Kier molecular flexibility index (Phi) is 4.44. The second-order valence-corrected chi connectivity index (χ2v) is 7.88. The van der Waals surface area contributed by atoms with Crippen molar-refractivity contribution in [2.45, 2.75) is 25.7 Å². The number of carbonyl (C=O) groups is 1. The summed E-state index contributed by atoms with van der Waals surface area (Å²) in [5.41, 5.74) is 2.18. The average molecular weight is 388 g/mol. The first-order valence-electron chi connectivity index (χ1n) is 8.77. The number of halogens is 1. The van der Waals surface area contributed by atoms with E-state index in [2.05, 4.69) is 49.3 Å². The van der Waals surface area contributed by atoms with Gasteiger partial charge in [-0.05, 0) is 55.9 Å². The molecule has 0 radical (unpaired) electrons. The minimum atomic E-state index is 0.0937. The van der Waals surface area contributed by atoms with Crippen molar-refractivity contribution < 1.29 is 4.79 Å². The van der Waals surface area contributed by atoms with E-state index in [4.69, 9.17) is 0 Å². The molecule has 1 unspecified atom stereocenters. The number of carbonyl (C=O) groups excluding carboxylic acids is 1. The predicted octanol–water partition coefficient (Wildman–Crippen LogP) is 3.74. The van der Waals surface area contributed by atoms with Crippen molar-refractivity contribution in [2.75, 3.05) is 24.5 Å². The summed E-state index contributed by atoms with van der Waals surface area (Å²) in [6, 6.07) is 8.28. The molecule has 1 saturated heterocycles. The van der Waals surface area contributed by atoms with Gasteiger partial charge in [0.05, 0.1) is 11.4 Å². The Morgan fingerprint density at radius 2 is 2.17 bits per heavy atom. The molecule has 2 aromatic rings. The Morgan fingerprint density at radius 1 is 1.29 bits per heavy atom. The fraction of sp³-hybridized carbons (Fsp3) is 0.474. The highest BCUT2D eigenvalue weighted by atomic mass is 79.9. The zero-order valence-corrected chi connectivity index (χ0v) is 15.3. The van der Waals surface area contributed by atoms with Gasteiger partial charge in [0, 0.05) is 41.4 Å².